The lowest BCUT2D eigenvalue weighted by Crippen LogP contribution is -2.43. The number of fused-ring (bicyclic) bond motifs is 1. The van der Waals surface area contributed by atoms with Gasteiger partial charge in [0.25, 0.3) is 11.8 Å². The first-order valence-corrected chi connectivity index (χ1v) is 13.1. The van der Waals surface area contributed by atoms with Crippen molar-refractivity contribution in [2.45, 2.75) is 51.7 Å². The Kier molecular flexibility index (Phi) is 6.03. The van der Waals surface area contributed by atoms with Crippen LogP contribution in [0.1, 0.15) is 53.5 Å². The lowest BCUT2D eigenvalue weighted by atomic mass is 10.1. The first kappa shape index (κ1) is 22.0. The van der Waals surface area contributed by atoms with Crippen LogP contribution in [0, 0.1) is 5.82 Å². The maximum absolute atomic E-state index is 14.6. The Morgan fingerprint density at radius 1 is 1.10 bits per heavy atom. The van der Waals surface area contributed by atoms with Crippen molar-refractivity contribution >= 4 is 25.8 Å². The Labute approximate surface area is 178 Å². The molecule has 0 aromatic heterocycles. The van der Waals surface area contributed by atoms with Crippen LogP contribution in [0.2, 0.25) is 18.1 Å². The van der Waals surface area contributed by atoms with Crippen LogP contribution in [0.15, 0.2) is 36.4 Å². The topological polar surface area (TPSA) is 67.4 Å². The summed E-state index contributed by atoms with van der Waals surface area (Å²) >= 11 is 0. The third-order valence-corrected chi connectivity index (χ3v) is 10.3. The first-order chi connectivity index (χ1) is 14.0. The maximum Gasteiger partial charge on any atom is 0.261 e. The Balaban J connectivity index is 1.58. The average molecular weight is 429 g/mol. The molecule has 0 saturated carbocycles. The molecule has 7 heteroatoms. The number of imide groups is 1. The number of benzene rings is 2. The second-order valence-corrected chi connectivity index (χ2v) is 13.9. The molecule has 0 unspecified atom stereocenters. The van der Waals surface area contributed by atoms with Crippen LogP contribution < -0.4 is 15.1 Å². The molecule has 0 atom stereocenters. The van der Waals surface area contributed by atoms with E-state index in [1.165, 1.54) is 6.07 Å². The van der Waals surface area contributed by atoms with Crippen LogP contribution in [0.25, 0.3) is 0 Å². The lowest BCUT2D eigenvalue weighted by Gasteiger charge is -2.36. The highest BCUT2D eigenvalue weighted by Gasteiger charge is 2.39. The van der Waals surface area contributed by atoms with Gasteiger partial charge < -0.3 is 9.74 Å². The lowest BCUT2D eigenvalue weighted by molar-refractivity contribution is 0.0880. The molecule has 3 rings (SSSR count). The average Bonchev–Trinajstić information content (AvgIpc) is 2.94. The number of nitrogens with one attached hydrogen (secondary N) is 2. The smallest absolute Gasteiger partial charge is 0.261 e. The summed E-state index contributed by atoms with van der Waals surface area (Å²) in [6.45, 7) is 11.3. The van der Waals surface area contributed by atoms with Gasteiger partial charge in [-0.1, -0.05) is 32.9 Å². The van der Waals surface area contributed by atoms with E-state index >= 15 is 0 Å². The van der Waals surface area contributed by atoms with Gasteiger partial charge in [0.1, 0.15) is 11.6 Å². The largest absolute Gasteiger partial charge is 0.543 e. The molecule has 0 bridgehead atoms. The van der Waals surface area contributed by atoms with E-state index in [-0.39, 0.29) is 22.7 Å². The number of amides is 2. The second kappa shape index (κ2) is 8.22. The minimum absolute atomic E-state index is 0.0486. The third-order valence-electron chi connectivity index (χ3n) is 5.91. The number of rotatable bonds is 7. The fourth-order valence-electron chi connectivity index (χ4n) is 3.11. The van der Waals surface area contributed by atoms with Crippen molar-refractivity contribution in [3.8, 4) is 5.75 Å². The van der Waals surface area contributed by atoms with Crippen molar-refractivity contribution in [3.63, 3.8) is 0 Å². The Morgan fingerprint density at radius 2 is 1.83 bits per heavy atom. The molecule has 0 saturated heterocycles. The van der Waals surface area contributed by atoms with Gasteiger partial charge >= 0.3 is 0 Å². The maximum atomic E-state index is 14.6. The van der Waals surface area contributed by atoms with E-state index in [0.29, 0.717) is 47.5 Å². The van der Waals surface area contributed by atoms with Gasteiger partial charge in [0, 0.05) is 18.3 Å². The van der Waals surface area contributed by atoms with E-state index in [4.69, 9.17) is 4.43 Å². The van der Waals surface area contributed by atoms with Crippen molar-refractivity contribution in [3.05, 3.63) is 58.9 Å². The molecule has 0 radical (unpaired) electrons. The summed E-state index contributed by atoms with van der Waals surface area (Å²) in [5.74, 6) is -0.449. The Hall–Kier alpha value is -2.67. The molecule has 1 aliphatic rings. The van der Waals surface area contributed by atoms with Gasteiger partial charge in [-0.25, -0.2) is 4.39 Å². The van der Waals surface area contributed by atoms with Crippen molar-refractivity contribution in [1.82, 2.24) is 5.32 Å². The minimum Gasteiger partial charge on any atom is -0.543 e. The van der Waals surface area contributed by atoms with Gasteiger partial charge in [-0.05, 0) is 54.7 Å². The molecule has 1 heterocycles. The molecule has 2 aromatic carbocycles. The van der Waals surface area contributed by atoms with E-state index in [2.05, 4.69) is 44.5 Å². The minimum atomic E-state index is -2.01. The second-order valence-electron chi connectivity index (χ2n) is 9.16. The molecule has 160 valence electrons. The fourth-order valence-corrected chi connectivity index (χ4v) is 4.13. The summed E-state index contributed by atoms with van der Waals surface area (Å²) in [6, 6.07) is 10.2. The number of halogens is 1. The standard InChI is InChI=1S/C23H29FN2O3Si/c1-23(2,3)30(4,5)29-16-12-11-15(18(24)14-16)8-7-13-25-19-10-6-9-17-20(19)22(28)26-21(17)27/h6,9-12,14,25H,7-8,13H2,1-5H3,(H,26,27,28). The Bertz CT molecular complexity index is 983. The molecule has 0 spiro atoms. The van der Waals surface area contributed by atoms with E-state index in [9.17, 15) is 14.0 Å². The number of anilines is 1. The zero-order chi connectivity index (χ0) is 22.1. The third kappa shape index (κ3) is 4.56. The summed E-state index contributed by atoms with van der Waals surface area (Å²) in [6.07, 6.45) is 1.23. The number of carbonyl (C=O) groups is 2. The predicted octanol–water partition coefficient (Wildman–Crippen LogP) is 5.14. The van der Waals surface area contributed by atoms with Crippen LogP contribution in [0.5, 0.6) is 5.75 Å². The molecule has 30 heavy (non-hydrogen) atoms. The van der Waals surface area contributed by atoms with Crippen LogP contribution >= 0.6 is 0 Å². The van der Waals surface area contributed by atoms with Crippen molar-refractivity contribution in [2.24, 2.45) is 0 Å². The highest BCUT2D eigenvalue weighted by Crippen LogP contribution is 2.37. The molecule has 2 amide bonds. The number of hydrogen-bond acceptors (Lipinski definition) is 4. The van der Waals surface area contributed by atoms with Gasteiger partial charge in [-0.15, -0.1) is 0 Å². The van der Waals surface area contributed by atoms with Gasteiger partial charge in [0.2, 0.25) is 8.32 Å². The Morgan fingerprint density at radius 3 is 2.50 bits per heavy atom. The van der Waals surface area contributed by atoms with E-state index in [1.54, 1.807) is 24.3 Å². The zero-order valence-electron chi connectivity index (χ0n) is 18.2. The number of hydrogen-bond donors (Lipinski definition) is 2. The SMILES string of the molecule is CC(C)(C)[Si](C)(C)Oc1ccc(CCCNc2cccc3c2C(=O)NC3=O)c(F)c1. The van der Waals surface area contributed by atoms with Crippen LogP contribution in [0.3, 0.4) is 0 Å². The summed E-state index contributed by atoms with van der Waals surface area (Å²) in [4.78, 5) is 23.7. The predicted molar refractivity (Wildman–Crippen MR) is 119 cm³/mol. The molecule has 1 aliphatic heterocycles. The van der Waals surface area contributed by atoms with Crippen LogP contribution in [-0.2, 0) is 6.42 Å². The van der Waals surface area contributed by atoms with Gasteiger partial charge in [-0.2, -0.15) is 0 Å². The monoisotopic (exact) mass is 428 g/mol. The highest BCUT2D eigenvalue weighted by atomic mass is 28.4. The summed E-state index contributed by atoms with van der Waals surface area (Å²) in [5, 5.41) is 5.54. The van der Waals surface area contributed by atoms with Gasteiger partial charge in [0.05, 0.1) is 11.1 Å². The van der Waals surface area contributed by atoms with Crippen molar-refractivity contribution < 1.29 is 18.4 Å². The summed E-state index contributed by atoms with van der Waals surface area (Å²) in [7, 11) is -2.01. The fraction of sp³-hybridized carbons (Fsp3) is 0.391. The molecule has 2 N–H and O–H groups in total. The molecular weight excluding hydrogens is 399 g/mol. The quantitative estimate of drug-likeness (QED) is 0.364. The number of carbonyl (C=O) groups excluding carboxylic acids is 2. The summed E-state index contributed by atoms with van der Waals surface area (Å²) in [5.41, 5.74) is 2.01. The normalized spacial score (nSPS) is 13.8. The first-order valence-electron chi connectivity index (χ1n) is 10.2. The molecule has 0 aliphatic carbocycles. The number of aryl methyl sites for hydroxylation is 1. The molecule has 0 fully saturated rings. The molecule has 5 nitrogen and oxygen atoms in total. The van der Waals surface area contributed by atoms with E-state index in [1.807, 2.05) is 6.07 Å². The zero-order valence-corrected chi connectivity index (χ0v) is 19.2. The van der Waals surface area contributed by atoms with E-state index in [0.717, 1.165) is 0 Å². The van der Waals surface area contributed by atoms with Gasteiger partial charge in [0.15, 0.2) is 0 Å². The van der Waals surface area contributed by atoms with E-state index < -0.39 is 8.32 Å². The van der Waals surface area contributed by atoms with Crippen molar-refractivity contribution in [2.75, 3.05) is 11.9 Å². The highest BCUT2D eigenvalue weighted by molar-refractivity contribution is 6.74. The molecular formula is C23H29FN2O3Si. The van der Waals surface area contributed by atoms with Crippen molar-refractivity contribution in [1.29, 1.82) is 0 Å². The van der Waals surface area contributed by atoms with Crippen LogP contribution in [-0.4, -0.2) is 26.7 Å². The molecule has 2 aromatic rings. The summed E-state index contributed by atoms with van der Waals surface area (Å²) < 4.78 is 20.7. The van der Waals surface area contributed by atoms with Gasteiger partial charge in [-0.3, -0.25) is 14.9 Å². The van der Waals surface area contributed by atoms with Crippen LogP contribution in [0.4, 0.5) is 10.1 Å².